The monoisotopic (exact) mass is 279 g/mol. The molecule has 0 aliphatic carbocycles. The quantitative estimate of drug-likeness (QED) is 0.899. The highest BCUT2D eigenvalue weighted by atomic mass is 16.4. The maximum absolute atomic E-state index is 12.5. The second-order valence-corrected chi connectivity index (χ2v) is 5.30. The molecule has 0 saturated carbocycles. The Bertz CT molecular complexity index is 480. The number of amides is 1. The number of aryl methyl sites for hydroxylation is 1. The first-order chi connectivity index (χ1) is 9.61. The van der Waals surface area contributed by atoms with Crippen LogP contribution in [0.2, 0.25) is 0 Å². The van der Waals surface area contributed by atoms with Crippen molar-refractivity contribution in [1.82, 2.24) is 4.90 Å². The number of nitrogens with zero attached hydrogens (tertiary/aromatic N) is 1. The zero-order valence-corrected chi connectivity index (χ0v) is 11.8. The molecule has 1 amide bonds. The van der Waals surface area contributed by atoms with Gasteiger partial charge >= 0.3 is 5.97 Å². The molecule has 1 aromatic rings. The van der Waals surface area contributed by atoms with Gasteiger partial charge in [-0.3, -0.25) is 9.59 Å². The molecule has 5 heteroatoms. The molecule has 0 bridgehead atoms. The summed E-state index contributed by atoms with van der Waals surface area (Å²) in [6, 6.07) is 1.72. The van der Waals surface area contributed by atoms with E-state index in [9.17, 15) is 9.59 Å². The van der Waals surface area contributed by atoms with Gasteiger partial charge in [0.05, 0.1) is 11.8 Å². The summed E-state index contributed by atoms with van der Waals surface area (Å²) in [7, 11) is 0. The molecule has 1 fully saturated rings. The summed E-state index contributed by atoms with van der Waals surface area (Å²) in [5, 5.41) is 8.74. The molecule has 20 heavy (non-hydrogen) atoms. The molecule has 1 N–H and O–H groups in total. The third-order valence-electron chi connectivity index (χ3n) is 3.87. The van der Waals surface area contributed by atoms with Gasteiger partial charge in [-0.2, -0.15) is 0 Å². The number of likely N-dealkylation sites (tertiary alicyclic amines) is 1. The lowest BCUT2D eigenvalue weighted by Gasteiger charge is -2.32. The molecular formula is C15H21NO4. The average molecular weight is 279 g/mol. The van der Waals surface area contributed by atoms with Crippen molar-refractivity contribution in [3.8, 4) is 0 Å². The normalized spacial score (nSPS) is 19.1. The Labute approximate surface area is 118 Å². The van der Waals surface area contributed by atoms with Crippen LogP contribution in [0.5, 0.6) is 0 Å². The predicted octanol–water partition coefficient (Wildman–Crippen LogP) is 2.56. The Morgan fingerprint density at radius 2 is 2.30 bits per heavy atom. The molecule has 0 aromatic carbocycles. The van der Waals surface area contributed by atoms with Gasteiger partial charge in [-0.1, -0.05) is 6.92 Å². The molecule has 1 aliphatic rings. The highest BCUT2D eigenvalue weighted by Gasteiger charge is 2.26. The van der Waals surface area contributed by atoms with E-state index >= 15 is 0 Å². The lowest BCUT2D eigenvalue weighted by atomic mass is 9.93. The van der Waals surface area contributed by atoms with Gasteiger partial charge in [-0.25, -0.2) is 0 Å². The van der Waals surface area contributed by atoms with E-state index in [1.54, 1.807) is 12.3 Å². The van der Waals surface area contributed by atoms with Gasteiger partial charge in [0.15, 0.2) is 0 Å². The van der Waals surface area contributed by atoms with Gasteiger partial charge in [0, 0.05) is 25.9 Å². The fourth-order valence-corrected chi connectivity index (χ4v) is 2.79. The first-order valence-corrected chi connectivity index (χ1v) is 7.19. The number of piperidine rings is 1. The molecule has 0 radical (unpaired) electrons. The van der Waals surface area contributed by atoms with Crippen LogP contribution >= 0.6 is 0 Å². The first-order valence-electron chi connectivity index (χ1n) is 7.19. The standard InChI is InChI=1S/C15H21NO4/c1-2-13-12(7-9-20-13)15(19)16-8-3-4-11(10-16)5-6-14(17)18/h7,9,11H,2-6,8,10H2,1H3,(H,17,18). The van der Waals surface area contributed by atoms with Crippen LogP contribution in [0.15, 0.2) is 16.7 Å². The molecule has 0 spiro atoms. The second-order valence-electron chi connectivity index (χ2n) is 5.30. The Hall–Kier alpha value is -1.78. The fraction of sp³-hybridized carbons (Fsp3) is 0.600. The van der Waals surface area contributed by atoms with Crippen molar-refractivity contribution in [1.29, 1.82) is 0 Å². The summed E-state index contributed by atoms with van der Waals surface area (Å²) in [5.41, 5.74) is 0.645. The summed E-state index contributed by atoms with van der Waals surface area (Å²) in [6.07, 6.45) is 5.02. The summed E-state index contributed by atoms with van der Waals surface area (Å²) in [6.45, 7) is 3.36. The van der Waals surface area contributed by atoms with E-state index in [0.717, 1.165) is 25.1 Å². The predicted molar refractivity (Wildman–Crippen MR) is 73.6 cm³/mol. The zero-order chi connectivity index (χ0) is 14.5. The highest BCUT2D eigenvalue weighted by molar-refractivity contribution is 5.95. The SMILES string of the molecule is CCc1occc1C(=O)N1CCCC(CCC(=O)O)C1. The van der Waals surface area contributed by atoms with E-state index < -0.39 is 5.97 Å². The molecule has 1 unspecified atom stereocenters. The minimum atomic E-state index is -0.767. The van der Waals surface area contributed by atoms with Crippen LogP contribution in [-0.4, -0.2) is 35.0 Å². The van der Waals surface area contributed by atoms with E-state index in [1.807, 2.05) is 11.8 Å². The van der Waals surface area contributed by atoms with E-state index in [0.29, 0.717) is 30.9 Å². The molecule has 110 valence electrons. The van der Waals surface area contributed by atoms with Gasteiger partial charge in [-0.05, 0) is 31.2 Å². The molecule has 1 aromatic heterocycles. The number of carbonyl (C=O) groups excluding carboxylic acids is 1. The lowest BCUT2D eigenvalue weighted by molar-refractivity contribution is -0.137. The van der Waals surface area contributed by atoms with Crippen LogP contribution in [-0.2, 0) is 11.2 Å². The molecular weight excluding hydrogens is 258 g/mol. The van der Waals surface area contributed by atoms with Gasteiger partial charge in [0.1, 0.15) is 5.76 Å². The first kappa shape index (κ1) is 14.6. The summed E-state index contributed by atoms with van der Waals surface area (Å²) in [5.74, 6) is 0.260. The molecule has 1 saturated heterocycles. The van der Waals surface area contributed by atoms with E-state index in [4.69, 9.17) is 9.52 Å². The zero-order valence-electron chi connectivity index (χ0n) is 11.8. The van der Waals surface area contributed by atoms with Crippen molar-refractivity contribution in [2.45, 2.75) is 39.0 Å². The number of rotatable bonds is 5. The van der Waals surface area contributed by atoms with Crippen molar-refractivity contribution in [2.75, 3.05) is 13.1 Å². The molecule has 5 nitrogen and oxygen atoms in total. The Kier molecular flexibility index (Phi) is 4.82. The van der Waals surface area contributed by atoms with E-state index in [1.165, 1.54) is 0 Å². The third kappa shape index (κ3) is 3.40. The Morgan fingerprint density at radius 1 is 1.50 bits per heavy atom. The Morgan fingerprint density at radius 3 is 3.00 bits per heavy atom. The fourth-order valence-electron chi connectivity index (χ4n) is 2.79. The van der Waals surface area contributed by atoms with Crippen LogP contribution in [0, 0.1) is 5.92 Å². The number of carboxylic acids is 1. The van der Waals surface area contributed by atoms with Crippen molar-refractivity contribution in [3.05, 3.63) is 23.7 Å². The van der Waals surface area contributed by atoms with Crippen molar-refractivity contribution in [3.63, 3.8) is 0 Å². The van der Waals surface area contributed by atoms with Gasteiger partial charge in [0.25, 0.3) is 5.91 Å². The number of hydrogen-bond donors (Lipinski definition) is 1. The number of furan rings is 1. The summed E-state index contributed by atoms with van der Waals surface area (Å²) < 4.78 is 5.31. The number of carboxylic acid groups (broad SMARTS) is 1. The van der Waals surface area contributed by atoms with Crippen LogP contribution < -0.4 is 0 Å². The van der Waals surface area contributed by atoms with Gasteiger partial charge in [0.2, 0.25) is 0 Å². The maximum Gasteiger partial charge on any atom is 0.303 e. The van der Waals surface area contributed by atoms with Crippen molar-refractivity contribution >= 4 is 11.9 Å². The van der Waals surface area contributed by atoms with Gasteiger partial charge in [-0.15, -0.1) is 0 Å². The molecule has 2 heterocycles. The summed E-state index contributed by atoms with van der Waals surface area (Å²) in [4.78, 5) is 24.9. The largest absolute Gasteiger partial charge is 0.481 e. The number of hydrogen-bond acceptors (Lipinski definition) is 3. The second kappa shape index (κ2) is 6.59. The number of carbonyl (C=O) groups is 2. The third-order valence-corrected chi connectivity index (χ3v) is 3.87. The lowest BCUT2D eigenvalue weighted by Crippen LogP contribution is -2.40. The Balaban J connectivity index is 1.98. The minimum Gasteiger partial charge on any atom is -0.481 e. The van der Waals surface area contributed by atoms with E-state index in [2.05, 4.69) is 0 Å². The molecule has 1 atom stereocenters. The van der Waals surface area contributed by atoms with E-state index in [-0.39, 0.29) is 12.3 Å². The molecule has 1 aliphatic heterocycles. The van der Waals surface area contributed by atoms with Gasteiger partial charge < -0.3 is 14.4 Å². The van der Waals surface area contributed by atoms with Crippen LogP contribution in [0.1, 0.15) is 48.7 Å². The maximum atomic E-state index is 12.5. The average Bonchev–Trinajstić information content (AvgIpc) is 2.93. The smallest absolute Gasteiger partial charge is 0.303 e. The van der Waals surface area contributed by atoms with Crippen molar-refractivity contribution in [2.24, 2.45) is 5.92 Å². The van der Waals surface area contributed by atoms with Crippen LogP contribution in [0.25, 0.3) is 0 Å². The number of aliphatic carboxylic acids is 1. The van der Waals surface area contributed by atoms with Crippen LogP contribution in [0.4, 0.5) is 0 Å². The molecule has 2 rings (SSSR count). The van der Waals surface area contributed by atoms with Crippen molar-refractivity contribution < 1.29 is 19.1 Å². The minimum absolute atomic E-state index is 0.00984. The van der Waals surface area contributed by atoms with Crippen LogP contribution in [0.3, 0.4) is 0 Å². The highest BCUT2D eigenvalue weighted by Crippen LogP contribution is 2.23. The summed E-state index contributed by atoms with van der Waals surface area (Å²) >= 11 is 0. The topological polar surface area (TPSA) is 70.8 Å².